The second-order valence-corrected chi connectivity index (χ2v) is 9.93. The molecule has 2 aliphatic heterocycles. The number of carbonyl (C=O) groups excluding carboxylic acids is 2. The third-order valence-corrected chi connectivity index (χ3v) is 6.80. The summed E-state index contributed by atoms with van der Waals surface area (Å²) in [7, 11) is 0. The molecular formula is C30H39N3O5. The van der Waals surface area contributed by atoms with Crippen LogP contribution in [0.2, 0.25) is 0 Å². The number of nitrogens with one attached hydrogen (secondary N) is 1. The Labute approximate surface area is 225 Å². The largest absolute Gasteiger partial charge is 0.493 e. The van der Waals surface area contributed by atoms with Crippen molar-refractivity contribution >= 4 is 23.8 Å². The summed E-state index contributed by atoms with van der Waals surface area (Å²) in [5.41, 5.74) is 3.21. The van der Waals surface area contributed by atoms with E-state index in [-0.39, 0.29) is 17.8 Å². The molecule has 0 spiro atoms. The van der Waals surface area contributed by atoms with Gasteiger partial charge in [-0.25, -0.2) is 0 Å². The molecule has 1 amide bonds. The molecule has 8 nitrogen and oxygen atoms in total. The predicted molar refractivity (Wildman–Crippen MR) is 148 cm³/mol. The molecule has 0 aliphatic carbocycles. The molecule has 0 radical (unpaired) electrons. The Hall–Kier alpha value is -3.39. The molecule has 2 aromatic rings. The molecule has 2 heterocycles. The lowest BCUT2D eigenvalue weighted by Crippen LogP contribution is -2.32. The Morgan fingerprint density at radius 1 is 1.08 bits per heavy atom. The highest BCUT2D eigenvalue weighted by molar-refractivity contribution is 6.04. The van der Waals surface area contributed by atoms with Crippen LogP contribution in [-0.2, 0) is 20.7 Å². The van der Waals surface area contributed by atoms with Gasteiger partial charge in [0.2, 0.25) is 0 Å². The number of hydrogen-bond donors (Lipinski definition) is 1. The molecule has 1 unspecified atom stereocenters. The zero-order valence-electron chi connectivity index (χ0n) is 22.3. The number of esters is 1. The Bertz CT molecular complexity index is 1080. The van der Waals surface area contributed by atoms with E-state index in [1.165, 1.54) is 19.3 Å². The van der Waals surface area contributed by atoms with Gasteiger partial charge in [-0.15, -0.1) is 0 Å². The van der Waals surface area contributed by atoms with Crippen molar-refractivity contribution in [2.75, 3.05) is 44.8 Å². The van der Waals surface area contributed by atoms with Crippen LogP contribution >= 0.6 is 0 Å². The smallest absolute Gasteiger partial charge is 0.306 e. The molecular weight excluding hydrogens is 482 g/mol. The SMILES string of the molecule is CCCCCCCOC(=O)CC1COc2cc(NC(=O)c3ccc(/C=N/N4CCOCC4)cc3)ccc2C1. The fourth-order valence-electron chi connectivity index (χ4n) is 4.57. The van der Waals surface area contributed by atoms with Crippen molar-refractivity contribution in [1.82, 2.24) is 5.01 Å². The molecule has 2 aliphatic rings. The molecule has 38 heavy (non-hydrogen) atoms. The van der Waals surface area contributed by atoms with E-state index in [0.29, 0.717) is 44.1 Å². The van der Waals surface area contributed by atoms with E-state index in [0.717, 1.165) is 49.2 Å². The average molecular weight is 522 g/mol. The van der Waals surface area contributed by atoms with Gasteiger partial charge in [-0.2, -0.15) is 5.10 Å². The van der Waals surface area contributed by atoms with E-state index in [4.69, 9.17) is 14.2 Å². The molecule has 0 saturated carbocycles. The van der Waals surface area contributed by atoms with Crippen LogP contribution in [0.3, 0.4) is 0 Å². The second kappa shape index (κ2) is 14.5. The van der Waals surface area contributed by atoms with Gasteiger partial charge in [-0.05, 0) is 42.2 Å². The first kappa shape index (κ1) is 27.6. The standard InChI is InChI=1S/C30H39N3O5/c1-2-3-4-5-6-15-37-29(34)19-24-18-26-11-12-27(20-28(26)38-22-24)32-30(35)25-9-7-23(8-10-25)21-31-33-13-16-36-17-14-33/h7-12,20-21,24H,2-6,13-19,22H2,1H3,(H,32,35)/b31-21+. The Morgan fingerprint density at radius 2 is 1.87 bits per heavy atom. The van der Waals surface area contributed by atoms with E-state index >= 15 is 0 Å². The quantitative estimate of drug-likeness (QED) is 0.239. The van der Waals surface area contributed by atoms with E-state index in [1.807, 2.05) is 35.3 Å². The minimum atomic E-state index is -0.187. The summed E-state index contributed by atoms with van der Waals surface area (Å²) in [6, 6.07) is 13.0. The van der Waals surface area contributed by atoms with E-state index in [2.05, 4.69) is 17.3 Å². The molecule has 0 aromatic heterocycles. The number of benzene rings is 2. The first-order valence-electron chi connectivity index (χ1n) is 13.8. The summed E-state index contributed by atoms with van der Waals surface area (Å²) in [5.74, 6) is 0.506. The van der Waals surface area contributed by atoms with Crippen molar-refractivity contribution in [1.29, 1.82) is 0 Å². The maximum Gasteiger partial charge on any atom is 0.306 e. The van der Waals surface area contributed by atoms with Crippen LogP contribution in [0.15, 0.2) is 47.6 Å². The van der Waals surface area contributed by atoms with Crippen LogP contribution in [0.5, 0.6) is 5.75 Å². The third-order valence-electron chi connectivity index (χ3n) is 6.80. The van der Waals surface area contributed by atoms with Gasteiger partial charge >= 0.3 is 5.97 Å². The third kappa shape index (κ3) is 8.58. The van der Waals surface area contributed by atoms with Gasteiger partial charge in [0.25, 0.3) is 5.91 Å². The van der Waals surface area contributed by atoms with E-state index < -0.39 is 0 Å². The number of hydrazone groups is 1. The molecule has 4 rings (SSSR count). The number of nitrogens with zero attached hydrogens (tertiary/aromatic N) is 2. The Balaban J connectivity index is 1.22. The van der Waals surface area contributed by atoms with Gasteiger partial charge in [-0.1, -0.05) is 50.8 Å². The fraction of sp³-hybridized carbons (Fsp3) is 0.500. The minimum absolute atomic E-state index is 0.0980. The molecule has 1 N–H and O–H groups in total. The summed E-state index contributed by atoms with van der Waals surface area (Å²) in [4.78, 5) is 25.0. The lowest BCUT2D eigenvalue weighted by atomic mass is 9.94. The first-order valence-corrected chi connectivity index (χ1v) is 13.8. The summed E-state index contributed by atoms with van der Waals surface area (Å²) < 4.78 is 16.7. The molecule has 1 saturated heterocycles. The van der Waals surface area contributed by atoms with Gasteiger partial charge in [0.15, 0.2) is 0 Å². The number of ether oxygens (including phenoxy) is 3. The second-order valence-electron chi connectivity index (χ2n) is 9.93. The maximum absolute atomic E-state index is 12.8. The summed E-state index contributed by atoms with van der Waals surface area (Å²) >= 11 is 0. The number of amides is 1. The molecule has 204 valence electrons. The highest BCUT2D eigenvalue weighted by atomic mass is 16.5. The van der Waals surface area contributed by atoms with Crippen LogP contribution in [0, 0.1) is 5.92 Å². The topological polar surface area (TPSA) is 89.5 Å². The zero-order chi connectivity index (χ0) is 26.6. The lowest BCUT2D eigenvalue weighted by molar-refractivity contribution is -0.145. The zero-order valence-corrected chi connectivity index (χ0v) is 22.3. The van der Waals surface area contributed by atoms with Crippen molar-refractivity contribution < 1.29 is 23.8 Å². The van der Waals surface area contributed by atoms with E-state index in [9.17, 15) is 9.59 Å². The highest BCUT2D eigenvalue weighted by Crippen LogP contribution is 2.31. The number of carbonyl (C=O) groups is 2. The number of morpholine rings is 1. The van der Waals surface area contributed by atoms with Crippen molar-refractivity contribution in [2.45, 2.75) is 51.9 Å². The number of fused-ring (bicyclic) bond motifs is 1. The normalized spacial score (nSPS) is 17.1. The Kier molecular flexibility index (Phi) is 10.6. The fourth-order valence-corrected chi connectivity index (χ4v) is 4.57. The monoisotopic (exact) mass is 521 g/mol. The highest BCUT2D eigenvalue weighted by Gasteiger charge is 2.23. The predicted octanol–water partition coefficient (Wildman–Crippen LogP) is 5.06. The van der Waals surface area contributed by atoms with Crippen LogP contribution in [0.4, 0.5) is 5.69 Å². The lowest BCUT2D eigenvalue weighted by Gasteiger charge is -2.25. The van der Waals surface area contributed by atoms with E-state index in [1.54, 1.807) is 18.3 Å². The molecule has 1 fully saturated rings. The molecule has 8 heteroatoms. The van der Waals surface area contributed by atoms with Gasteiger partial charge in [0.05, 0.1) is 52.2 Å². The van der Waals surface area contributed by atoms with Crippen molar-refractivity contribution in [3.8, 4) is 5.75 Å². The number of rotatable bonds is 12. The first-order chi connectivity index (χ1) is 18.6. The summed E-state index contributed by atoms with van der Waals surface area (Å²) in [5, 5.41) is 9.40. The maximum atomic E-state index is 12.8. The van der Waals surface area contributed by atoms with Crippen molar-refractivity contribution in [3.63, 3.8) is 0 Å². The Morgan fingerprint density at radius 3 is 2.66 bits per heavy atom. The van der Waals surface area contributed by atoms with Crippen LogP contribution < -0.4 is 10.1 Å². The number of unbranched alkanes of at least 4 members (excludes halogenated alkanes) is 4. The number of hydrogen-bond acceptors (Lipinski definition) is 7. The van der Waals surface area contributed by atoms with Crippen LogP contribution in [0.25, 0.3) is 0 Å². The van der Waals surface area contributed by atoms with Gasteiger partial charge in [-0.3, -0.25) is 14.6 Å². The van der Waals surface area contributed by atoms with Gasteiger partial charge in [0.1, 0.15) is 5.75 Å². The van der Waals surface area contributed by atoms with Crippen molar-refractivity contribution in [2.24, 2.45) is 11.0 Å². The minimum Gasteiger partial charge on any atom is -0.493 e. The van der Waals surface area contributed by atoms with Crippen molar-refractivity contribution in [3.05, 3.63) is 59.2 Å². The average Bonchev–Trinajstić information content (AvgIpc) is 2.94. The molecule has 1 atom stereocenters. The summed E-state index contributed by atoms with van der Waals surface area (Å²) in [6.45, 7) is 6.11. The molecule has 2 aromatic carbocycles. The summed E-state index contributed by atoms with van der Waals surface area (Å²) in [6.07, 6.45) is 8.58. The molecule has 0 bridgehead atoms. The van der Waals surface area contributed by atoms with Gasteiger partial charge < -0.3 is 19.5 Å². The van der Waals surface area contributed by atoms with Gasteiger partial charge in [0, 0.05) is 23.2 Å². The number of anilines is 1. The van der Waals surface area contributed by atoms with Crippen LogP contribution in [-0.4, -0.2) is 62.6 Å². The van der Waals surface area contributed by atoms with Crippen LogP contribution in [0.1, 0.15) is 66.9 Å².